The fourth-order valence-electron chi connectivity index (χ4n) is 11.6. The van der Waals surface area contributed by atoms with E-state index < -0.39 is 18.3 Å². The highest BCUT2D eigenvalue weighted by molar-refractivity contribution is 6.01. The van der Waals surface area contributed by atoms with Crippen LogP contribution in [0.1, 0.15) is 152 Å². The third kappa shape index (κ3) is 14.4. The smallest absolute Gasteiger partial charge is 0.192 e. The van der Waals surface area contributed by atoms with Gasteiger partial charge in [0.1, 0.15) is 36.1 Å². The normalized spacial score (nSPS) is 19.4. The number of anilines is 1. The lowest BCUT2D eigenvalue weighted by molar-refractivity contribution is -0.121. The Balaban J connectivity index is 1.15. The topological polar surface area (TPSA) is 185 Å². The molecular weight excluding hydrogens is 979 g/mol. The molecule has 2 aliphatic carbocycles. The molecule has 5 unspecified atom stereocenters. The summed E-state index contributed by atoms with van der Waals surface area (Å²) in [6.07, 6.45) is 20.7. The van der Waals surface area contributed by atoms with E-state index in [1.165, 1.54) is 11.1 Å². The van der Waals surface area contributed by atoms with Gasteiger partial charge in [-0.05, 0) is 169 Å². The molecule has 0 aromatic heterocycles. The zero-order valence-electron chi connectivity index (χ0n) is 46.2. The van der Waals surface area contributed by atoms with Crippen LogP contribution in [-0.2, 0) is 53.0 Å². The number of allylic oxidation sites excluding steroid dienone is 4. The number of carbonyl (C=O) groups is 1. The van der Waals surface area contributed by atoms with Crippen LogP contribution in [0.5, 0.6) is 17.2 Å². The first-order chi connectivity index (χ1) is 37.9. The van der Waals surface area contributed by atoms with Crippen LogP contribution in [0.15, 0.2) is 108 Å². The number of benzene rings is 5. The highest BCUT2D eigenvalue weighted by Crippen LogP contribution is 2.47. The van der Waals surface area contributed by atoms with Gasteiger partial charge in [0.05, 0.1) is 19.6 Å². The number of methoxy groups -OCH3 is 1. The first kappa shape index (κ1) is 57.1. The van der Waals surface area contributed by atoms with Gasteiger partial charge in [-0.15, -0.1) is 0 Å². The van der Waals surface area contributed by atoms with Gasteiger partial charge in [-0.3, -0.25) is 9.79 Å². The predicted molar refractivity (Wildman–Crippen MR) is 311 cm³/mol. The SMILES string of the molecule is CCCCCc1c(CCCCC2C=CC(O)=CC2CC2CC(=O)CCc3ccc(OC)c(c3)OCc3c(C(O)O)cc4c(c(O)cc5c4c3C=CC5C)C(Cc3cccc(CCOCC)c3)C#CO2)cccc1NC(N)=NC. The number of aliphatic imine (C=N–C) groups is 1. The monoisotopic (exact) mass is 1060 g/mol. The average molecular weight is 1060 g/mol. The molecule has 4 aliphatic rings. The zero-order chi connectivity index (χ0) is 55.1. The van der Waals surface area contributed by atoms with Gasteiger partial charge >= 0.3 is 0 Å². The molecule has 412 valence electrons. The van der Waals surface area contributed by atoms with Crippen LogP contribution in [0.3, 0.4) is 0 Å². The van der Waals surface area contributed by atoms with E-state index in [-0.39, 0.29) is 60.1 Å². The van der Waals surface area contributed by atoms with Crippen LogP contribution in [-0.4, -0.2) is 65.6 Å². The lowest BCUT2D eigenvalue weighted by atomic mass is 9.78. The van der Waals surface area contributed by atoms with Crippen molar-refractivity contribution in [1.29, 1.82) is 0 Å². The van der Waals surface area contributed by atoms with E-state index in [1.807, 2.05) is 61.5 Å². The number of ether oxygens (including phenoxy) is 4. The second kappa shape index (κ2) is 27.5. The molecule has 2 heterocycles. The minimum absolute atomic E-state index is 0.00552. The molecule has 0 amide bonds. The number of hydrogen-bond donors (Lipinski definition) is 6. The molecule has 7 N–H and O–H groups in total. The summed E-state index contributed by atoms with van der Waals surface area (Å²) >= 11 is 0. The Morgan fingerprint density at radius 3 is 2.54 bits per heavy atom. The van der Waals surface area contributed by atoms with Crippen molar-refractivity contribution >= 4 is 34.3 Å². The third-order valence-corrected chi connectivity index (χ3v) is 15.7. The van der Waals surface area contributed by atoms with Crippen LogP contribution in [0.4, 0.5) is 5.69 Å². The number of nitrogens with two attached hydrogens (primary N) is 1. The molecule has 78 heavy (non-hydrogen) atoms. The van der Waals surface area contributed by atoms with Crippen LogP contribution >= 0.6 is 0 Å². The number of phenols is 1. The van der Waals surface area contributed by atoms with E-state index in [4.69, 9.17) is 24.7 Å². The van der Waals surface area contributed by atoms with E-state index in [9.17, 15) is 25.2 Å². The molecule has 5 aromatic carbocycles. The minimum Gasteiger partial charge on any atom is -0.508 e. The summed E-state index contributed by atoms with van der Waals surface area (Å²) < 4.78 is 24.6. The number of nitrogens with zero attached hydrogens (tertiary/aromatic N) is 1. The maximum atomic E-state index is 14.2. The van der Waals surface area contributed by atoms with E-state index in [0.29, 0.717) is 66.4 Å². The fourth-order valence-corrected chi connectivity index (χ4v) is 11.6. The lowest BCUT2D eigenvalue weighted by Gasteiger charge is -2.28. The average Bonchev–Trinajstić information content (AvgIpc) is 3.62. The molecule has 12 nitrogen and oxygen atoms in total. The second-order valence-corrected chi connectivity index (χ2v) is 21.1. The van der Waals surface area contributed by atoms with E-state index >= 15 is 0 Å². The maximum Gasteiger partial charge on any atom is 0.192 e. The molecule has 0 radical (unpaired) electrons. The summed E-state index contributed by atoms with van der Waals surface area (Å²) in [6.45, 7) is 7.45. The van der Waals surface area contributed by atoms with Crippen molar-refractivity contribution in [2.75, 3.05) is 32.7 Å². The van der Waals surface area contributed by atoms with Crippen LogP contribution in [0.2, 0.25) is 0 Å². The second-order valence-electron chi connectivity index (χ2n) is 21.1. The van der Waals surface area contributed by atoms with Crippen molar-refractivity contribution in [3.63, 3.8) is 0 Å². The maximum absolute atomic E-state index is 14.2. The van der Waals surface area contributed by atoms with Gasteiger partial charge < -0.3 is 50.4 Å². The number of ketones is 1. The van der Waals surface area contributed by atoms with Gasteiger partial charge in [-0.25, -0.2) is 0 Å². The molecule has 0 fully saturated rings. The molecule has 5 aromatic rings. The van der Waals surface area contributed by atoms with Crippen molar-refractivity contribution in [3.05, 3.63) is 158 Å². The number of fused-ring (bicyclic) bond motifs is 9. The predicted octanol–water partition coefficient (Wildman–Crippen LogP) is 12.5. The molecule has 12 heteroatoms. The van der Waals surface area contributed by atoms with Gasteiger partial charge in [0.15, 0.2) is 23.7 Å². The number of aryl methyl sites for hydroxylation is 2. The zero-order valence-corrected chi connectivity index (χ0v) is 46.2. The summed E-state index contributed by atoms with van der Waals surface area (Å²) in [6, 6.07) is 23.9. The van der Waals surface area contributed by atoms with E-state index in [0.717, 1.165) is 96.7 Å². The highest BCUT2D eigenvalue weighted by Gasteiger charge is 2.30. The van der Waals surface area contributed by atoms with Gasteiger partial charge in [-0.1, -0.05) is 99.7 Å². The van der Waals surface area contributed by atoms with Crippen LogP contribution in [0.25, 0.3) is 16.8 Å². The third-order valence-electron chi connectivity index (χ3n) is 15.7. The summed E-state index contributed by atoms with van der Waals surface area (Å²) in [7, 11) is 3.25. The Morgan fingerprint density at radius 1 is 0.923 bits per heavy atom. The number of guanidine groups is 1. The Labute approximate surface area is 461 Å². The summed E-state index contributed by atoms with van der Waals surface area (Å²) in [5.41, 5.74) is 15.7. The van der Waals surface area contributed by atoms with Crippen molar-refractivity contribution in [2.24, 2.45) is 22.6 Å². The molecular formula is C66H79N3O9. The van der Waals surface area contributed by atoms with Gasteiger partial charge in [-0.2, -0.15) is 0 Å². The largest absolute Gasteiger partial charge is 0.508 e. The number of unbranched alkanes of at least 4 members (excludes halogenated alkanes) is 3. The number of aliphatic hydroxyl groups excluding tert-OH is 2. The Kier molecular flexibility index (Phi) is 20.2. The number of phenolic OH excluding ortho intramolecular Hbond substituents is 1. The Bertz CT molecular complexity index is 3090. The molecule has 0 saturated heterocycles. The molecule has 6 bridgehead atoms. The van der Waals surface area contributed by atoms with Crippen molar-refractivity contribution < 1.29 is 44.2 Å². The van der Waals surface area contributed by atoms with E-state index in [1.54, 1.807) is 26.3 Å². The summed E-state index contributed by atoms with van der Waals surface area (Å²) in [4.78, 5) is 18.4. The number of carbonyl (C=O) groups excluding carboxylic acids is 1. The number of aromatic hydroxyl groups is 1. The number of nitrogens with one attached hydrogen (secondary N) is 1. The molecule has 2 aliphatic heterocycles. The fraction of sp³-hybridized carbons (Fsp3) is 0.424. The number of Topliss-reactive ketones (excluding diaryl/α,β-unsaturated/α-hetero) is 1. The molecule has 5 atom stereocenters. The van der Waals surface area contributed by atoms with Crippen molar-refractivity contribution in [1.82, 2.24) is 0 Å². The molecule has 0 spiro atoms. The van der Waals surface area contributed by atoms with Gasteiger partial charge in [0.2, 0.25) is 0 Å². The molecule has 0 saturated carbocycles. The molecule has 9 rings (SSSR count). The Morgan fingerprint density at radius 2 is 1.74 bits per heavy atom. The number of hydrogen-bond acceptors (Lipinski definition) is 10. The summed E-state index contributed by atoms with van der Waals surface area (Å²) in [5.74, 6) is 4.22. The van der Waals surface area contributed by atoms with Gasteiger partial charge in [0.25, 0.3) is 0 Å². The quantitative estimate of drug-likeness (QED) is 0.0143. The number of rotatable bonds is 20. The summed E-state index contributed by atoms with van der Waals surface area (Å²) in [5, 5.41) is 50.4. The highest BCUT2D eigenvalue weighted by atomic mass is 16.5. The van der Waals surface area contributed by atoms with Crippen LogP contribution in [0, 0.1) is 23.9 Å². The Hall–Kier alpha value is -7.04. The van der Waals surface area contributed by atoms with Crippen molar-refractivity contribution in [2.45, 2.75) is 141 Å². The minimum atomic E-state index is -1.87. The first-order valence-electron chi connectivity index (χ1n) is 28.1. The standard InChI is InChI=1S/C66H79N3O9/c1-6-8-9-19-53-47(18-13-20-59(53)69-66(67)68-4)17-11-10-16-46-24-26-50(70)36-49(46)37-52-38-51(71)25-22-44-23-28-61(75-5)62(35-44)78-41-58-54-27-21-42(3)55-40-60(72)63(57(64(54)55)39-56(58)65(73)74)48(30-32-77-52)34-45-15-12-14-43(33-45)29-31-76-7-2/h12-15,18,20-21,23-24,26-28,33,35-36,39-40,42,46,48-49,52,65,70,72-74H,6-11,16-17,19,22,25,29,31,34,37-38,41H2,1-5H3,(H3,67,68,69). The van der Waals surface area contributed by atoms with Crippen LogP contribution < -0.4 is 20.5 Å². The first-order valence-corrected chi connectivity index (χ1v) is 28.1. The van der Waals surface area contributed by atoms with Crippen molar-refractivity contribution in [3.8, 4) is 29.3 Å². The number of aliphatic hydroxyl groups is 3. The van der Waals surface area contributed by atoms with E-state index in [2.05, 4.69) is 72.6 Å². The lowest BCUT2D eigenvalue weighted by Crippen LogP contribution is -2.24. The van der Waals surface area contributed by atoms with Gasteiger partial charge in [0, 0.05) is 54.8 Å².